The number of aromatic hydroxyl groups is 1. The van der Waals surface area contributed by atoms with Gasteiger partial charge in [0.15, 0.2) is 0 Å². The topological polar surface area (TPSA) is 58.4 Å². The molecule has 0 unspecified atom stereocenters. The molecule has 0 saturated carbocycles. The zero-order valence-electron chi connectivity index (χ0n) is 11.4. The van der Waals surface area contributed by atoms with Gasteiger partial charge in [-0.2, -0.15) is 0 Å². The molecule has 0 aliphatic carbocycles. The number of halogens is 1. The summed E-state index contributed by atoms with van der Waals surface area (Å²) in [4.78, 5) is 18.3. The van der Waals surface area contributed by atoms with Gasteiger partial charge in [0.25, 0.3) is 5.91 Å². The molecule has 110 valence electrons. The quantitative estimate of drug-likeness (QED) is 0.928. The van der Waals surface area contributed by atoms with Crippen molar-refractivity contribution in [1.29, 1.82) is 0 Å². The fraction of sp³-hybridized carbons (Fsp3) is 0.333. The van der Waals surface area contributed by atoms with Crippen molar-refractivity contribution in [2.24, 2.45) is 0 Å². The minimum absolute atomic E-state index is 0.00738. The fourth-order valence-corrected chi connectivity index (χ4v) is 2.86. The van der Waals surface area contributed by atoms with E-state index in [1.807, 2.05) is 17.4 Å². The summed E-state index contributed by atoms with van der Waals surface area (Å²) >= 11 is 5.86. The number of hydrogen-bond acceptors (Lipinski definition) is 3. The number of imidazole rings is 1. The molecule has 3 rings (SSSR count). The third kappa shape index (κ3) is 2.88. The van der Waals surface area contributed by atoms with E-state index in [-0.39, 0.29) is 16.7 Å². The monoisotopic (exact) mass is 305 g/mol. The molecule has 1 aliphatic rings. The number of aromatic nitrogens is 2. The zero-order chi connectivity index (χ0) is 14.8. The van der Waals surface area contributed by atoms with Crippen LogP contribution in [0.4, 0.5) is 0 Å². The van der Waals surface area contributed by atoms with Gasteiger partial charge in [-0.3, -0.25) is 4.79 Å². The molecule has 0 spiro atoms. The number of likely N-dealkylation sites (tertiary alicyclic amines) is 1. The molecular weight excluding hydrogens is 290 g/mol. The van der Waals surface area contributed by atoms with Crippen molar-refractivity contribution in [2.45, 2.75) is 18.9 Å². The molecule has 2 aromatic rings. The van der Waals surface area contributed by atoms with Crippen LogP contribution in [0.2, 0.25) is 5.02 Å². The minimum atomic E-state index is -0.0408. The van der Waals surface area contributed by atoms with Crippen molar-refractivity contribution >= 4 is 17.5 Å². The second-order valence-corrected chi connectivity index (χ2v) is 5.61. The number of amides is 1. The van der Waals surface area contributed by atoms with Crippen LogP contribution in [0.15, 0.2) is 36.9 Å². The molecule has 0 radical (unpaired) electrons. The smallest absolute Gasteiger partial charge is 0.253 e. The van der Waals surface area contributed by atoms with Crippen molar-refractivity contribution in [3.05, 3.63) is 47.5 Å². The van der Waals surface area contributed by atoms with E-state index in [9.17, 15) is 9.90 Å². The zero-order valence-corrected chi connectivity index (χ0v) is 12.2. The van der Waals surface area contributed by atoms with Crippen LogP contribution in [0.25, 0.3) is 0 Å². The highest BCUT2D eigenvalue weighted by molar-refractivity contribution is 6.32. The lowest BCUT2D eigenvalue weighted by atomic mass is 10.0. The lowest BCUT2D eigenvalue weighted by Gasteiger charge is -2.32. The van der Waals surface area contributed by atoms with Crippen molar-refractivity contribution in [2.75, 3.05) is 13.1 Å². The van der Waals surface area contributed by atoms with E-state index >= 15 is 0 Å². The molecule has 1 amide bonds. The van der Waals surface area contributed by atoms with Gasteiger partial charge in [0.2, 0.25) is 0 Å². The first-order valence-electron chi connectivity index (χ1n) is 6.90. The maximum Gasteiger partial charge on any atom is 0.253 e. The average Bonchev–Trinajstić information content (AvgIpc) is 3.04. The number of carbonyl (C=O) groups excluding carboxylic acids is 1. The van der Waals surface area contributed by atoms with Crippen molar-refractivity contribution in [1.82, 2.24) is 14.5 Å². The number of nitrogens with zero attached hydrogens (tertiary/aromatic N) is 3. The third-order valence-electron chi connectivity index (χ3n) is 3.89. The molecule has 1 aromatic heterocycles. The van der Waals surface area contributed by atoms with Gasteiger partial charge < -0.3 is 14.6 Å². The molecule has 1 N–H and O–H groups in total. The van der Waals surface area contributed by atoms with Crippen molar-refractivity contribution in [3.8, 4) is 5.75 Å². The third-order valence-corrected chi connectivity index (χ3v) is 4.20. The van der Waals surface area contributed by atoms with Gasteiger partial charge in [-0.05, 0) is 31.0 Å². The van der Waals surface area contributed by atoms with Crippen LogP contribution in [0.5, 0.6) is 5.75 Å². The number of phenolic OH excluding ortho intramolecular Hbond substituents is 1. The molecular formula is C15H16ClN3O2. The Balaban J connectivity index is 1.66. The average molecular weight is 306 g/mol. The Bertz CT molecular complexity index is 634. The number of hydrogen-bond donors (Lipinski definition) is 1. The molecule has 1 aliphatic heterocycles. The van der Waals surface area contributed by atoms with E-state index in [1.54, 1.807) is 12.3 Å². The summed E-state index contributed by atoms with van der Waals surface area (Å²) in [5, 5.41) is 9.61. The summed E-state index contributed by atoms with van der Waals surface area (Å²) < 4.78 is 2.10. The number of phenols is 1. The predicted octanol–water partition coefficient (Wildman–Crippen LogP) is 2.72. The fourth-order valence-electron chi connectivity index (χ4n) is 2.68. The lowest BCUT2D eigenvalue weighted by Crippen LogP contribution is -2.38. The van der Waals surface area contributed by atoms with E-state index in [4.69, 9.17) is 11.6 Å². The van der Waals surface area contributed by atoms with Crippen molar-refractivity contribution < 1.29 is 9.90 Å². The summed E-state index contributed by atoms with van der Waals surface area (Å²) in [6.07, 6.45) is 7.38. The first kappa shape index (κ1) is 13.9. The van der Waals surface area contributed by atoms with Gasteiger partial charge >= 0.3 is 0 Å². The Kier molecular flexibility index (Phi) is 3.84. The van der Waals surface area contributed by atoms with E-state index in [0.717, 1.165) is 12.8 Å². The van der Waals surface area contributed by atoms with Gasteiger partial charge in [0.05, 0.1) is 11.3 Å². The van der Waals surface area contributed by atoms with Crippen LogP contribution in [-0.4, -0.2) is 38.6 Å². The molecule has 1 saturated heterocycles. The first-order chi connectivity index (χ1) is 10.1. The first-order valence-corrected chi connectivity index (χ1v) is 7.28. The van der Waals surface area contributed by atoms with Crippen LogP contribution in [0.3, 0.4) is 0 Å². The molecule has 1 aromatic carbocycles. The molecule has 6 heteroatoms. The lowest BCUT2D eigenvalue weighted by molar-refractivity contribution is 0.0694. The summed E-state index contributed by atoms with van der Waals surface area (Å²) in [6, 6.07) is 4.97. The largest absolute Gasteiger partial charge is 0.506 e. The molecule has 21 heavy (non-hydrogen) atoms. The number of benzene rings is 1. The van der Waals surface area contributed by atoms with Gasteiger partial charge in [-0.25, -0.2) is 4.98 Å². The van der Waals surface area contributed by atoms with Gasteiger partial charge in [0.1, 0.15) is 5.75 Å². The second kappa shape index (κ2) is 5.77. The van der Waals surface area contributed by atoms with Crippen LogP contribution in [0, 0.1) is 0 Å². The SMILES string of the molecule is O=C(c1ccc(O)c(Cl)c1)N1CCC(n2ccnc2)CC1. The Morgan fingerprint density at radius 2 is 2.10 bits per heavy atom. The molecule has 0 atom stereocenters. The Morgan fingerprint density at radius 3 is 2.71 bits per heavy atom. The normalized spacial score (nSPS) is 16.1. The predicted molar refractivity (Wildman–Crippen MR) is 79.5 cm³/mol. The van der Waals surface area contributed by atoms with Gasteiger partial charge in [-0.1, -0.05) is 11.6 Å². The van der Waals surface area contributed by atoms with Crippen LogP contribution < -0.4 is 0 Å². The maximum atomic E-state index is 12.4. The van der Waals surface area contributed by atoms with E-state index in [1.165, 1.54) is 12.1 Å². The van der Waals surface area contributed by atoms with E-state index in [2.05, 4.69) is 9.55 Å². The summed E-state index contributed by atoms with van der Waals surface area (Å²) in [7, 11) is 0. The van der Waals surface area contributed by atoms with Gasteiger partial charge in [0, 0.05) is 37.1 Å². The molecule has 2 heterocycles. The summed E-state index contributed by atoms with van der Waals surface area (Å²) in [5.74, 6) is -0.0481. The van der Waals surface area contributed by atoms with Crippen molar-refractivity contribution in [3.63, 3.8) is 0 Å². The van der Waals surface area contributed by atoms with Gasteiger partial charge in [-0.15, -0.1) is 0 Å². The minimum Gasteiger partial charge on any atom is -0.506 e. The molecule has 0 bridgehead atoms. The molecule has 5 nitrogen and oxygen atoms in total. The Morgan fingerprint density at radius 1 is 1.33 bits per heavy atom. The van der Waals surface area contributed by atoms with E-state index in [0.29, 0.717) is 24.7 Å². The highest BCUT2D eigenvalue weighted by Gasteiger charge is 2.24. The number of rotatable bonds is 2. The van der Waals surface area contributed by atoms with Crippen LogP contribution in [-0.2, 0) is 0 Å². The second-order valence-electron chi connectivity index (χ2n) is 5.20. The number of piperidine rings is 1. The molecule has 1 fully saturated rings. The van der Waals surface area contributed by atoms with E-state index < -0.39 is 0 Å². The highest BCUT2D eigenvalue weighted by Crippen LogP contribution is 2.26. The van der Waals surface area contributed by atoms with Crippen LogP contribution >= 0.6 is 11.6 Å². The maximum absolute atomic E-state index is 12.4. The highest BCUT2D eigenvalue weighted by atomic mass is 35.5. The number of carbonyl (C=O) groups is 1. The Labute approximate surface area is 127 Å². The van der Waals surface area contributed by atoms with Crippen LogP contribution in [0.1, 0.15) is 29.2 Å². The summed E-state index contributed by atoms with van der Waals surface area (Å²) in [6.45, 7) is 1.42. The summed E-state index contributed by atoms with van der Waals surface area (Å²) in [5.41, 5.74) is 0.513. The standard InChI is InChI=1S/C15H16ClN3O2/c16-13-9-11(1-2-14(13)20)15(21)18-6-3-12(4-7-18)19-8-5-17-10-19/h1-2,5,8-10,12,20H,3-4,6-7H2. The Hall–Kier alpha value is -2.01.